The third kappa shape index (κ3) is 10.1. The Labute approximate surface area is 211 Å². The Morgan fingerprint density at radius 3 is 2.50 bits per heavy atom. The molecule has 3 N–H and O–H groups in total. The first-order chi connectivity index (χ1) is 16.3. The molecule has 0 spiro atoms. The number of aromatic nitrogens is 2. The Kier molecular flexibility index (Phi) is 11.8. The fraction of sp³-hybridized carbons (Fsp3) is 0.333. The molecule has 176 valence electrons. The van der Waals surface area contributed by atoms with Crippen LogP contribution in [0.1, 0.15) is 48.8 Å². The van der Waals surface area contributed by atoms with E-state index in [9.17, 15) is 4.79 Å². The summed E-state index contributed by atoms with van der Waals surface area (Å²) in [6.45, 7) is 21.4. The van der Waals surface area contributed by atoms with Crippen molar-refractivity contribution in [2.45, 2.75) is 51.9 Å². The van der Waals surface area contributed by atoms with Crippen molar-refractivity contribution in [3.8, 4) is 0 Å². The molecule has 0 bridgehead atoms. The summed E-state index contributed by atoms with van der Waals surface area (Å²) in [6.07, 6.45) is 10.6. The summed E-state index contributed by atoms with van der Waals surface area (Å²) in [5, 5.41) is 23.7. The van der Waals surface area contributed by atoms with Crippen LogP contribution in [0.15, 0.2) is 61.3 Å². The molecule has 0 aliphatic heterocycles. The molecule has 0 aliphatic carbocycles. The van der Waals surface area contributed by atoms with Gasteiger partial charge in [-0.2, -0.15) is 0 Å². The molecule has 0 radical (unpaired) electrons. The number of amides is 1. The Hall–Kier alpha value is -2.71. The monoisotopic (exact) mass is 491 g/mol. The number of anilines is 2. The molecule has 0 aliphatic rings. The second kappa shape index (κ2) is 14.5. The number of hydrogen-bond acceptors (Lipinski definition) is 6. The van der Waals surface area contributed by atoms with Gasteiger partial charge in [-0.05, 0) is 6.42 Å². The molecule has 0 aromatic carbocycles. The quantitative estimate of drug-likeness (QED) is 0.128. The number of unbranched alkanes of at least 4 members (excludes halogenated alkanes) is 1. The third-order valence-corrected chi connectivity index (χ3v) is 6.83. The van der Waals surface area contributed by atoms with Crippen LogP contribution >= 0.6 is 22.7 Å². The number of allylic oxidation sites excluding steroid dienone is 4. The topological polar surface area (TPSA) is 90.8 Å². The Morgan fingerprint density at radius 2 is 1.79 bits per heavy atom. The van der Waals surface area contributed by atoms with Gasteiger partial charge in [0.05, 0.1) is 0 Å². The number of nitrogens with zero attached hydrogens (tertiary/aromatic N) is 2. The number of amidine groups is 1. The van der Waals surface area contributed by atoms with Gasteiger partial charge in [0.2, 0.25) is 0 Å². The van der Waals surface area contributed by atoms with Crippen LogP contribution in [0.5, 0.6) is 0 Å². The summed E-state index contributed by atoms with van der Waals surface area (Å²) in [7, 11) is 0. The molecule has 6 nitrogen and oxygen atoms in total. The summed E-state index contributed by atoms with van der Waals surface area (Å²) in [4.78, 5) is 13.3. The molecule has 0 unspecified atom stereocenters. The minimum atomic E-state index is -0.137. The standard InChI is InChI=1S/C24H31B2N5OS2/c1-6-16(4)13-18(8-3)15-21(32)29-24-31-30-22(34-24)12-10-9-11-19-25-26-23(33-19)28-20(27)14-17(5)7-2/h7-8,13H,2-6,9-12,14-15H2,1H3,(H2,27,28)(H,29,31,32)/b18-13+. The van der Waals surface area contributed by atoms with Gasteiger partial charge in [-0.25, -0.2) is 0 Å². The van der Waals surface area contributed by atoms with Crippen LogP contribution in [0.3, 0.4) is 0 Å². The van der Waals surface area contributed by atoms with Gasteiger partial charge in [-0.15, -0.1) is 0 Å². The summed E-state index contributed by atoms with van der Waals surface area (Å²) in [5.74, 6) is 0.280. The third-order valence-electron chi connectivity index (χ3n) is 4.88. The van der Waals surface area contributed by atoms with Crippen LogP contribution in [-0.4, -0.2) is 35.5 Å². The fourth-order valence-electron chi connectivity index (χ4n) is 2.95. The predicted octanol–water partition coefficient (Wildman–Crippen LogP) is 5.77. The van der Waals surface area contributed by atoms with E-state index in [1.165, 1.54) is 16.1 Å². The summed E-state index contributed by atoms with van der Waals surface area (Å²) >= 11 is 3.08. The van der Waals surface area contributed by atoms with E-state index in [-0.39, 0.29) is 12.3 Å². The molecule has 1 amide bonds. The zero-order valence-corrected chi connectivity index (χ0v) is 21.4. The molecule has 0 atom stereocenters. The number of aryl methyl sites for hydroxylation is 2. The molecule has 10 heteroatoms. The van der Waals surface area contributed by atoms with Crippen LogP contribution in [0, 0.1) is 5.41 Å². The zero-order chi connectivity index (χ0) is 24.9. The van der Waals surface area contributed by atoms with Crippen molar-refractivity contribution in [1.29, 1.82) is 5.41 Å². The van der Waals surface area contributed by atoms with Crippen molar-refractivity contribution in [3.05, 3.63) is 71.0 Å². The second-order valence-electron chi connectivity index (χ2n) is 7.78. The fourth-order valence-corrected chi connectivity index (χ4v) is 4.72. The van der Waals surface area contributed by atoms with Gasteiger partial charge in [0.1, 0.15) is 0 Å². The first-order valence-electron chi connectivity index (χ1n) is 11.2. The van der Waals surface area contributed by atoms with Crippen LogP contribution in [-0.2, 0) is 17.6 Å². The van der Waals surface area contributed by atoms with E-state index in [1.54, 1.807) is 23.5 Å². The van der Waals surface area contributed by atoms with E-state index < -0.39 is 0 Å². The Morgan fingerprint density at radius 1 is 1.03 bits per heavy atom. The number of carbonyl (C=O) groups is 1. The maximum absolute atomic E-state index is 12.3. The molecule has 0 saturated carbocycles. The van der Waals surface area contributed by atoms with Crippen molar-refractivity contribution in [1.82, 2.24) is 10.2 Å². The average Bonchev–Trinajstić information content (AvgIpc) is 3.44. The van der Waals surface area contributed by atoms with Crippen molar-refractivity contribution < 1.29 is 4.79 Å². The summed E-state index contributed by atoms with van der Waals surface area (Å²) in [5.41, 5.74) is 2.62. The van der Waals surface area contributed by atoms with Crippen LogP contribution < -0.4 is 10.6 Å². The van der Waals surface area contributed by atoms with Gasteiger partial charge in [-0.3, -0.25) is 0 Å². The molecule has 2 aromatic rings. The number of rotatable bonds is 15. The predicted molar refractivity (Wildman–Crippen MR) is 150 cm³/mol. The summed E-state index contributed by atoms with van der Waals surface area (Å²) < 4.78 is 1.28. The molecule has 0 fully saturated rings. The van der Waals surface area contributed by atoms with Gasteiger partial charge in [0, 0.05) is 0 Å². The van der Waals surface area contributed by atoms with Crippen molar-refractivity contribution in [2.24, 2.45) is 0 Å². The molecule has 34 heavy (non-hydrogen) atoms. The van der Waals surface area contributed by atoms with E-state index in [1.807, 2.05) is 19.8 Å². The van der Waals surface area contributed by atoms with Gasteiger partial charge in [0.25, 0.3) is 0 Å². The number of carbonyl (C=O) groups excluding carboxylic acids is 1. The normalized spacial score (nSPS) is 10.8. The van der Waals surface area contributed by atoms with Crippen molar-refractivity contribution >= 4 is 58.0 Å². The van der Waals surface area contributed by atoms with Crippen molar-refractivity contribution in [2.75, 3.05) is 10.6 Å². The van der Waals surface area contributed by atoms with E-state index >= 15 is 0 Å². The number of nitrogens with one attached hydrogen (secondary N) is 3. The first-order valence-corrected chi connectivity index (χ1v) is 12.8. The second-order valence-corrected chi connectivity index (χ2v) is 10.0. The molecule has 0 saturated heterocycles. The van der Waals surface area contributed by atoms with E-state index in [0.717, 1.165) is 58.7 Å². The van der Waals surface area contributed by atoms with Crippen LogP contribution in [0.25, 0.3) is 0 Å². The zero-order valence-electron chi connectivity index (χ0n) is 19.8. The molecule has 2 aromatic heterocycles. The maximum atomic E-state index is 12.3. The van der Waals surface area contributed by atoms with Gasteiger partial charge >= 0.3 is 168 Å². The Balaban J connectivity index is 1.72. The summed E-state index contributed by atoms with van der Waals surface area (Å²) in [6, 6.07) is 0. The molecular formula is C24H31B2N5OS2. The van der Waals surface area contributed by atoms with Gasteiger partial charge < -0.3 is 0 Å². The number of hydrogen-bond donors (Lipinski definition) is 3. The average molecular weight is 491 g/mol. The molecular weight excluding hydrogens is 460 g/mol. The van der Waals surface area contributed by atoms with Crippen molar-refractivity contribution in [3.63, 3.8) is 0 Å². The minimum absolute atomic E-state index is 0.137. The molecule has 2 rings (SSSR count). The van der Waals surface area contributed by atoms with Crippen LogP contribution in [0.4, 0.5) is 10.0 Å². The van der Waals surface area contributed by atoms with E-state index in [0.29, 0.717) is 17.4 Å². The molecule has 2 heterocycles. The van der Waals surface area contributed by atoms with E-state index in [4.69, 9.17) is 5.41 Å². The van der Waals surface area contributed by atoms with Gasteiger partial charge in [0.15, 0.2) is 0 Å². The van der Waals surface area contributed by atoms with E-state index in [2.05, 4.69) is 53.9 Å². The van der Waals surface area contributed by atoms with Crippen LogP contribution in [0.2, 0.25) is 0 Å². The Bertz CT molecular complexity index is 1090. The van der Waals surface area contributed by atoms with Gasteiger partial charge in [-0.1, -0.05) is 37.8 Å². The SMILES string of the molecule is C=CC(=C)CC(=N)Nc1bbc(CCCCc2nnc(NC(=O)C/C(C=C)=C/C(=C)CC)s2)s1. The first kappa shape index (κ1) is 27.5.